The predicted octanol–water partition coefficient (Wildman–Crippen LogP) is 2.29. The quantitative estimate of drug-likeness (QED) is 0.828. The van der Waals surface area contributed by atoms with E-state index in [1.807, 2.05) is 0 Å². The smallest absolute Gasteiger partial charge is 0.268 e. The molecule has 0 spiro atoms. The summed E-state index contributed by atoms with van der Waals surface area (Å²) in [5, 5.41) is 8.87. The number of nitriles is 1. The number of H-pyrrole nitrogens is 1. The summed E-state index contributed by atoms with van der Waals surface area (Å²) in [7, 11) is 0. The van der Waals surface area contributed by atoms with Gasteiger partial charge in [-0.2, -0.15) is 5.26 Å². The second-order valence-electron chi connectivity index (χ2n) is 3.58. The second-order valence-corrected chi connectivity index (χ2v) is 3.99. The first-order chi connectivity index (χ1) is 8.52. The Morgan fingerprint density at radius 2 is 2.11 bits per heavy atom. The summed E-state index contributed by atoms with van der Waals surface area (Å²) in [5.74, 6) is -0.453. The molecular weight excluding hydrogens is 257 g/mol. The minimum Gasteiger partial charge on any atom is -0.385 e. The molecular formula is C12H7ClFN3O. The summed E-state index contributed by atoms with van der Waals surface area (Å²) >= 11 is 5.66. The van der Waals surface area contributed by atoms with Crippen LogP contribution in [0.15, 0.2) is 29.1 Å². The third-order valence-corrected chi connectivity index (χ3v) is 2.69. The first kappa shape index (κ1) is 12.1. The minimum absolute atomic E-state index is 0.0877. The van der Waals surface area contributed by atoms with E-state index in [1.54, 1.807) is 6.07 Å². The second kappa shape index (κ2) is 4.51. The van der Waals surface area contributed by atoms with E-state index in [2.05, 4.69) is 4.98 Å². The van der Waals surface area contributed by atoms with Crippen molar-refractivity contribution < 1.29 is 4.39 Å². The zero-order chi connectivity index (χ0) is 13.3. The molecule has 3 N–H and O–H groups in total. The van der Waals surface area contributed by atoms with Crippen LogP contribution in [0.5, 0.6) is 0 Å². The van der Waals surface area contributed by atoms with E-state index in [1.165, 1.54) is 18.2 Å². The molecule has 0 unspecified atom stereocenters. The molecule has 0 amide bonds. The highest BCUT2D eigenvalue weighted by atomic mass is 35.5. The molecule has 1 aromatic heterocycles. The van der Waals surface area contributed by atoms with Crippen LogP contribution in [-0.4, -0.2) is 4.98 Å². The fourth-order valence-electron chi connectivity index (χ4n) is 1.58. The van der Waals surface area contributed by atoms with E-state index in [0.29, 0.717) is 11.1 Å². The van der Waals surface area contributed by atoms with Gasteiger partial charge in [-0.15, -0.1) is 0 Å². The number of hydrogen-bond donors (Lipinski definition) is 2. The molecule has 1 aromatic carbocycles. The fourth-order valence-corrected chi connectivity index (χ4v) is 1.76. The number of pyridine rings is 1. The average Bonchev–Trinajstić information content (AvgIpc) is 2.32. The number of aromatic nitrogens is 1. The number of nitrogens with two attached hydrogens (primary N) is 1. The van der Waals surface area contributed by atoms with Gasteiger partial charge in [-0.25, -0.2) is 4.39 Å². The van der Waals surface area contributed by atoms with Crippen LogP contribution in [-0.2, 0) is 0 Å². The number of rotatable bonds is 1. The molecule has 90 valence electrons. The van der Waals surface area contributed by atoms with Crippen molar-refractivity contribution in [3.05, 3.63) is 51.0 Å². The molecule has 0 aliphatic carbocycles. The predicted molar refractivity (Wildman–Crippen MR) is 66.6 cm³/mol. The van der Waals surface area contributed by atoms with Crippen LogP contribution >= 0.6 is 11.6 Å². The van der Waals surface area contributed by atoms with Gasteiger partial charge in [0.1, 0.15) is 23.3 Å². The van der Waals surface area contributed by atoms with E-state index in [9.17, 15) is 9.18 Å². The normalized spacial score (nSPS) is 10.1. The number of nitrogens with one attached hydrogen (secondary N) is 1. The maximum Gasteiger partial charge on any atom is 0.268 e. The van der Waals surface area contributed by atoms with Gasteiger partial charge in [-0.05, 0) is 23.8 Å². The summed E-state index contributed by atoms with van der Waals surface area (Å²) in [4.78, 5) is 13.9. The van der Waals surface area contributed by atoms with E-state index >= 15 is 0 Å². The summed E-state index contributed by atoms with van der Waals surface area (Å²) in [6.45, 7) is 0. The van der Waals surface area contributed by atoms with Gasteiger partial charge < -0.3 is 10.7 Å². The molecule has 0 atom stereocenters. The van der Waals surface area contributed by atoms with Crippen molar-refractivity contribution in [2.75, 3.05) is 5.73 Å². The van der Waals surface area contributed by atoms with Gasteiger partial charge in [0.2, 0.25) is 0 Å². The number of benzene rings is 1. The SMILES string of the molecule is N#Cc1c(-c2ccc(F)c(Cl)c2)cc(N)[nH]c1=O. The standard InChI is InChI=1S/C12H7ClFN3O/c13-9-3-6(1-2-10(9)14)7-4-11(16)17-12(18)8(7)5-15/h1-4H,(H3,16,17,18). The van der Waals surface area contributed by atoms with E-state index in [-0.39, 0.29) is 16.4 Å². The lowest BCUT2D eigenvalue weighted by Crippen LogP contribution is -2.13. The largest absolute Gasteiger partial charge is 0.385 e. The van der Waals surface area contributed by atoms with Crippen molar-refractivity contribution in [3.8, 4) is 17.2 Å². The molecule has 0 aliphatic heterocycles. The zero-order valence-corrected chi connectivity index (χ0v) is 9.75. The van der Waals surface area contributed by atoms with Crippen molar-refractivity contribution >= 4 is 17.4 Å². The van der Waals surface area contributed by atoms with Gasteiger partial charge >= 0.3 is 0 Å². The van der Waals surface area contributed by atoms with Crippen molar-refractivity contribution in [1.82, 2.24) is 4.98 Å². The van der Waals surface area contributed by atoms with Gasteiger partial charge in [-0.3, -0.25) is 4.79 Å². The molecule has 18 heavy (non-hydrogen) atoms. The summed E-state index contributed by atoms with van der Waals surface area (Å²) in [6, 6.07) is 7.15. The van der Waals surface area contributed by atoms with Crippen molar-refractivity contribution in [2.45, 2.75) is 0 Å². The molecule has 1 heterocycles. The van der Waals surface area contributed by atoms with Crippen LogP contribution in [0.2, 0.25) is 5.02 Å². The maximum atomic E-state index is 13.1. The van der Waals surface area contributed by atoms with E-state index < -0.39 is 11.4 Å². The number of nitrogen functional groups attached to an aromatic ring is 1. The molecule has 2 aromatic rings. The van der Waals surface area contributed by atoms with Gasteiger partial charge in [-0.1, -0.05) is 17.7 Å². The van der Waals surface area contributed by atoms with E-state index in [0.717, 1.165) is 6.07 Å². The van der Waals surface area contributed by atoms with Gasteiger partial charge in [0.25, 0.3) is 5.56 Å². The third-order valence-electron chi connectivity index (χ3n) is 2.40. The molecule has 0 saturated heterocycles. The van der Waals surface area contributed by atoms with Gasteiger partial charge in [0, 0.05) is 5.56 Å². The highest BCUT2D eigenvalue weighted by molar-refractivity contribution is 6.31. The molecule has 4 nitrogen and oxygen atoms in total. The number of hydrogen-bond acceptors (Lipinski definition) is 3. The molecule has 0 saturated carbocycles. The third kappa shape index (κ3) is 2.06. The number of halogens is 2. The summed E-state index contributed by atoms with van der Waals surface area (Å²) in [6.07, 6.45) is 0. The van der Waals surface area contributed by atoms with Crippen molar-refractivity contribution in [1.29, 1.82) is 5.26 Å². The molecule has 0 aliphatic rings. The first-order valence-electron chi connectivity index (χ1n) is 4.91. The summed E-state index contributed by atoms with van der Waals surface area (Å²) in [5.41, 5.74) is 5.61. The van der Waals surface area contributed by atoms with Crippen molar-refractivity contribution in [3.63, 3.8) is 0 Å². The fraction of sp³-hybridized carbons (Fsp3) is 0. The van der Waals surface area contributed by atoms with Crippen LogP contribution in [0.1, 0.15) is 5.56 Å². The number of nitrogens with zero attached hydrogens (tertiary/aromatic N) is 1. The lowest BCUT2D eigenvalue weighted by atomic mass is 10.0. The van der Waals surface area contributed by atoms with Crippen LogP contribution < -0.4 is 11.3 Å². The Balaban J connectivity index is 2.75. The first-order valence-corrected chi connectivity index (χ1v) is 5.29. The Morgan fingerprint density at radius 1 is 1.39 bits per heavy atom. The summed E-state index contributed by atoms with van der Waals surface area (Å²) < 4.78 is 13.1. The Labute approximate surface area is 106 Å². The van der Waals surface area contributed by atoms with Crippen LogP contribution in [0.4, 0.5) is 10.2 Å². The topological polar surface area (TPSA) is 82.7 Å². The molecule has 0 bridgehead atoms. The van der Waals surface area contributed by atoms with Gasteiger partial charge in [0.05, 0.1) is 5.02 Å². The number of anilines is 1. The minimum atomic E-state index is -0.590. The number of aromatic amines is 1. The molecule has 6 heteroatoms. The Hall–Kier alpha value is -2.32. The van der Waals surface area contributed by atoms with Crippen LogP contribution in [0.3, 0.4) is 0 Å². The zero-order valence-electron chi connectivity index (χ0n) is 9.00. The Kier molecular flexibility index (Phi) is 3.04. The monoisotopic (exact) mass is 263 g/mol. The lowest BCUT2D eigenvalue weighted by Gasteiger charge is -2.06. The van der Waals surface area contributed by atoms with Crippen LogP contribution in [0.25, 0.3) is 11.1 Å². The van der Waals surface area contributed by atoms with Crippen LogP contribution in [0, 0.1) is 17.1 Å². The molecule has 2 rings (SSSR count). The lowest BCUT2D eigenvalue weighted by molar-refractivity contribution is 0.628. The maximum absolute atomic E-state index is 13.1. The van der Waals surface area contributed by atoms with E-state index in [4.69, 9.17) is 22.6 Å². The van der Waals surface area contributed by atoms with Crippen molar-refractivity contribution in [2.24, 2.45) is 0 Å². The Morgan fingerprint density at radius 3 is 2.72 bits per heavy atom. The molecule has 0 fully saturated rings. The molecule has 0 radical (unpaired) electrons. The average molecular weight is 264 g/mol. The Bertz CT molecular complexity index is 718. The highest BCUT2D eigenvalue weighted by Crippen LogP contribution is 2.26. The van der Waals surface area contributed by atoms with Gasteiger partial charge in [0.15, 0.2) is 0 Å². The highest BCUT2D eigenvalue weighted by Gasteiger charge is 2.11.